The summed E-state index contributed by atoms with van der Waals surface area (Å²) in [4.78, 5) is 18.1. The molecule has 0 aliphatic carbocycles. The Morgan fingerprint density at radius 3 is 2.44 bits per heavy atom. The van der Waals surface area contributed by atoms with Gasteiger partial charge in [0.2, 0.25) is 5.91 Å². The molecule has 0 heterocycles. The molecule has 0 fully saturated rings. The van der Waals surface area contributed by atoms with Gasteiger partial charge in [0.25, 0.3) is 0 Å². The third-order valence-corrected chi connectivity index (χ3v) is 5.47. The lowest BCUT2D eigenvalue weighted by Gasteiger charge is -2.12. The van der Waals surface area contributed by atoms with Gasteiger partial charge < -0.3 is 15.8 Å². The second kappa shape index (κ2) is 12.0. The molecule has 5 nitrogen and oxygen atoms in total. The first kappa shape index (κ1) is 25.0. The number of thioether (sulfide) groups is 1. The van der Waals surface area contributed by atoms with Crippen molar-refractivity contribution in [3.05, 3.63) is 89.6 Å². The zero-order valence-electron chi connectivity index (χ0n) is 18.8. The van der Waals surface area contributed by atoms with Crippen LogP contribution in [0, 0.1) is 11.6 Å². The van der Waals surface area contributed by atoms with E-state index in [9.17, 15) is 13.6 Å². The average Bonchev–Trinajstić information content (AvgIpc) is 2.79. The van der Waals surface area contributed by atoms with Crippen LogP contribution in [0.25, 0.3) is 0 Å². The van der Waals surface area contributed by atoms with Crippen LogP contribution in [0.3, 0.4) is 0 Å². The van der Waals surface area contributed by atoms with E-state index in [1.807, 2.05) is 24.3 Å². The molecule has 3 N–H and O–H groups in total. The first-order valence-corrected chi connectivity index (χ1v) is 11.6. The molecule has 0 atom stereocenters. The van der Waals surface area contributed by atoms with E-state index in [0.29, 0.717) is 16.9 Å². The van der Waals surface area contributed by atoms with Gasteiger partial charge in [0.1, 0.15) is 23.1 Å². The van der Waals surface area contributed by atoms with Crippen molar-refractivity contribution in [2.24, 2.45) is 10.7 Å². The zero-order chi connectivity index (χ0) is 24.5. The minimum absolute atomic E-state index is 0.0337. The number of hydrogen-bond donors (Lipinski definition) is 2. The van der Waals surface area contributed by atoms with Gasteiger partial charge in [0, 0.05) is 41.1 Å². The zero-order valence-corrected chi connectivity index (χ0v) is 19.7. The van der Waals surface area contributed by atoms with E-state index in [-0.39, 0.29) is 23.8 Å². The number of ether oxygens (including phenoxy) is 1. The van der Waals surface area contributed by atoms with Crippen molar-refractivity contribution in [2.45, 2.75) is 25.2 Å². The predicted octanol–water partition coefficient (Wildman–Crippen LogP) is 6.62. The quantitative estimate of drug-likeness (QED) is 0.266. The summed E-state index contributed by atoms with van der Waals surface area (Å²) in [5.41, 5.74) is 7.93. The van der Waals surface area contributed by atoms with Gasteiger partial charge in [0.15, 0.2) is 5.75 Å². The molecule has 3 aromatic carbocycles. The average molecular weight is 482 g/mol. The van der Waals surface area contributed by atoms with Gasteiger partial charge in [-0.1, -0.05) is 19.1 Å². The summed E-state index contributed by atoms with van der Waals surface area (Å²) in [6, 6.07) is 15.6. The third-order valence-electron chi connectivity index (χ3n) is 4.58. The van der Waals surface area contributed by atoms with Crippen molar-refractivity contribution in [1.82, 2.24) is 0 Å². The number of rotatable bonds is 9. The number of aliphatic imine (C=N–C) groups is 1. The fraction of sp³-hybridized carbons (Fsp3) is 0.154. The Morgan fingerprint density at radius 1 is 1.09 bits per heavy atom. The standard InChI is InChI=1S/C26H25F2N3O2S/c1-3-34-23-7-4-18(5-8-23)10-26(32)31-21-6-9-24(30-16-17(2)15-29)25(14-21)33-22-12-19(27)11-20(28)13-22/h4-9,11-16H,3,10,29H2,1-2H3,(H,31,32)/b17-15-,30-16?. The molecule has 0 saturated carbocycles. The van der Waals surface area contributed by atoms with Crippen molar-refractivity contribution >= 4 is 35.3 Å². The van der Waals surface area contributed by atoms with Crippen molar-refractivity contribution < 1.29 is 18.3 Å². The molecule has 3 aromatic rings. The SMILES string of the molecule is CCSc1ccc(CC(=O)Nc2ccc(N=C/C(C)=C\N)c(Oc3cc(F)cc(F)c3)c2)cc1. The molecule has 0 aromatic heterocycles. The summed E-state index contributed by atoms with van der Waals surface area (Å²) in [6.45, 7) is 3.86. The largest absolute Gasteiger partial charge is 0.455 e. The number of nitrogens with two attached hydrogens (primary N) is 1. The van der Waals surface area contributed by atoms with Crippen LogP contribution in [-0.2, 0) is 11.2 Å². The number of benzene rings is 3. The van der Waals surface area contributed by atoms with E-state index in [2.05, 4.69) is 17.2 Å². The van der Waals surface area contributed by atoms with Crippen molar-refractivity contribution in [1.29, 1.82) is 0 Å². The second-order valence-electron chi connectivity index (χ2n) is 7.36. The van der Waals surface area contributed by atoms with Crippen LogP contribution in [0.1, 0.15) is 19.4 Å². The Hall–Kier alpha value is -3.65. The van der Waals surface area contributed by atoms with Gasteiger partial charge in [-0.3, -0.25) is 9.79 Å². The second-order valence-corrected chi connectivity index (χ2v) is 8.70. The summed E-state index contributed by atoms with van der Waals surface area (Å²) in [6.07, 6.45) is 3.13. The highest BCUT2D eigenvalue weighted by molar-refractivity contribution is 7.99. The molecule has 0 aliphatic heterocycles. The highest BCUT2D eigenvalue weighted by Gasteiger charge is 2.11. The monoisotopic (exact) mass is 481 g/mol. The summed E-state index contributed by atoms with van der Waals surface area (Å²) in [7, 11) is 0. The lowest BCUT2D eigenvalue weighted by Crippen LogP contribution is -2.14. The normalized spacial score (nSPS) is 11.6. The molecular weight excluding hydrogens is 456 g/mol. The highest BCUT2D eigenvalue weighted by Crippen LogP contribution is 2.35. The van der Waals surface area contributed by atoms with Crippen LogP contribution in [0.5, 0.6) is 11.5 Å². The number of hydrogen-bond acceptors (Lipinski definition) is 5. The molecule has 3 rings (SSSR count). The van der Waals surface area contributed by atoms with E-state index >= 15 is 0 Å². The van der Waals surface area contributed by atoms with E-state index in [0.717, 1.165) is 34.4 Å². The maximum Gasteiger partial charge on any atom is 0.228 e. The molecular formula is C26H25F2N3O2S. The van der Waals surface area contributed by atoms with Gasteiger partial charge in [-0.2, -0.15) is 0 Å². The number of nitrogens with one attached hydrogen (secondary N) is 1. The molecule has 0 aliphatic rings. The first-order valence-electron chi connectivity index (χ1n) is 10.6. The number of carbonyl (C=O) groups is 1. The minimum Gasteiger partial charge on any atom is -0.455 e. The number of nitrogens with zero attached hydrogens (tertiary/aromatic N) is 1. The number of allylic oxidation sites excluding steroid dienone is 1. The maximum atomic E-state index is 13.6. The third kappa shape index (κ3) is 7.45. The van der Waals surface area contributed by atoms with Crippen LogP contribution in [0.15, 0.2) is 82.3 Å². The number of carbonyl (C=O) groups excluding carboxylic acids is 1. The van der Waals surface area contributed by atoms with Crippen molar-refractivity contribution in [3.8, 4) is 11.5 Å². The van der Waals surface area contributed by atoms with Crippen LogP contribution >= 0.6 is 11.8 Å². The highest BCUT2D eigenvalue weighted by atomic mass is 32.2. The van der Waals surface area contributed by atoms with E-state index in [4.69, 9.17) is 10.5 Å². The van der Waals surface area contributed by atoms with Crippen LogP contribution in [0.4, 0.5) is 20.2 Å². The van der Waals surface area contributed by atoms with Gasteiger partial charge in [-0.25, -0.2) is 8.78 Å². The predicted molar refractivity (Wildman–Crippen MR) is 134 cm³/mol. The Kier molecular flexibility index (Phi) is 8.81. The molecule has 0 spiro atoms. The number of halogens is 2. The summed E-state index contributed by atoms with van der Waals surface area (Å²) in [5, 5.41) is 2.83. The maximum absolute atomic E-state index is 13.6. The molecule has 0 saturated heterocycles. The fourth-order valence-electron chi connectivity index (χ4n) is 2.97. The molecule has 0 bridgehead atoms. The summed E-state index contributed by atoms with van der Waals surface area (Å²) in [5.74, 6) is -0.589. The molecule has 0 unspecified atom stereocenters. The van der Waals surface area contributed by atoms with E-state index in [1.165, 1.54) is 12.4 Å². The lowest BCUT2D eigenvalue weighted by atomic mass is 10.1. The van der Waals surface area contributed by atoms with Crippen molar-refractivity contribution in [2.75, 3.05) is 11.1 Å². The minimum atomic E-state index is -0.769. The van der Waals surface area contributed by atoms with Gasteiger partial charge in [-0.15, -0.1) is 11.8 Å². The van der Waals surface area contributed by atoms with E-state index < -0.39 is 11.6 Å². The summed E-state index contributed by atoms with van der Waals surface area (Å²) >= 11 is 1.73. The van der Waals surface area contributed by atoms with E-state index in [1.54, 1.807) is 36.9 Å². The van der Waals surface area contributed by atoms with Crippen LogP contribution in [-0.4, -0.2) is 17.9 Å². The van der Waals surface area contributed by atoms with Gasteiger partial charge in [0.05, 0.1) is 6.42 Å². The number of anilines is 1. The van der Waals surface area contributed by atoms with Gasteiger partial charge in [-0.05, 0) is 54.3 Å². The smallest absolute Gasteiger partial charge is 0.228 e. The first-order chi connectivity index (χ1) is 16.4. The van der Waals surface area contributed by atoms with Crippen LogP contribution in [0.2, 0.25) is 0 Å². The van der Waals surface area contributed by atoms with Gasteiger partial charge >= 0.3 is 0 Å². The Balaban J connectivity index is 1.81. The lowest BCUT2D eigenvalue weighted by molar-refractivity contribution is -0.115. The fourth-order valence-corrected chi connectivity index (χ4v) is 3.63. The Bertz CT molecular complexity index is 1190. The summed E-state index contributed by atoms with van der Waals surface area (Å²) < 4.78 is 33.0. The molecule has 0 radical (unpaired) electrons. The molecule has 1 amide bonds. The van der Waals surface area contributed by atoms with Crippen molar-refractivity contribution in [3.63, 3.8) is 0 Å². The Labute approximate surface area is 201 Å². The molecule has 34 heavy (non-hydrogen) atoms. The topological polar surface area (TPSA) is 76.7 Å². The molecule has 8 heteroatoms. The number of amides is 1. The van der Waals surface area contributed by atoms with Crippen LogP contribution < -0.4 is 15.8 Å². The Morgan fingerprint density at radius 2 is 1.79 bits per heavy atom. The molecule has 176 valence electrons.